The monoisotopic (exact) mass is 349 g/mol. The van der Waals surface area contributed by atoms with Gasteiger partial charge in [0, 0.05) is 35.1 Å². The van der Waals surface area contributed by atoms with Crippen molar-refractivity contribution in [2.75, 3.05) is 6.54 Å². The van der Waals surface area contributed by atoms with Crippen LogP contribution in [0.15, 0.2) is 67.3 Å². The number of halogens is 1. The summed E-state index contributed by atoms with van der Waals surface area (Å²) in [5.74, 6) is 5.74. The third-order valence-corrected chi connectivity index (χ3v) is 3.77. The lowest BCUT2D eigenvalue weighted by atomic mass is 10.1. The van der Waals surface area contributed by atoms with E-state index in [9.17, 15) is 4.79 Å². The van der Waals surface area contributed by atoms with Crippen molar-refractivity contribution in [3.05, 3.63) is 89.0 Å². The van der Waals surface area contributed by atoms with Gasteiger partial charge in [-0.25, -0.2) is 4.98 Å². The second kappa shape index (κ2) is 8.18. The number of carbonyl (C=O) groups is 1. The molecule has 0 aliphatic rings. The predicted molar refractivity (Wildman–Crippen MR) is 98.4 cm³/mol. The van der Waals surface area contributed by atoms with Crippen LogP contribution < -0.4 is 5.32 Å². The van der Waals surface area contributed by atoms with E-state index in [1.165, 1.54) is 0 Å². The highest BCUT2D eigenvalue weighted by molar-refractivity contribution is 6.30. The number of carbonyl (C=O) groups excluding carboxylic acids is 1. The fourth-order valence-corrected chi connectivity index (χ4v) is 2.48. The molecule has 1 aromatic heterocycles. The molecule has 3 aromatic rings. The zero-order chi connectivity index (χ0) is 17.5. The summed E-state index contributed by atoms with van der Waals surface area (Å²) in [6.07, 6.45) is 5.41. The highest BCUT2D eigenvalue weighted by atomic mass is 35.5. The van der Waals surface area contributed by atoms with Crippen molar-refractivity contribution in [2.45, 2.75) is 6.54 Å². The van der Waals surface area contributed by atoms with Gasteiger partial charge in [0.05, 0.1) is 12.9 Å². The molecule has 0 aliphatic heterocycles. The van der Waals surface area contributed by atoms with Gasteiger partial charge in [-0.3, -0.25) is 4.79 Å². The Hall–Kier alpha value is -3.03. The van der Waals surface area contributed by atoms with Crippen LogP contribution >= 0.6 is 11.6 Å². The maximum Gasteiger partial charge on any atom is 0.252 e. The number of hydrogen-bond acceptors (Lipinski definition) is 2. The molecule has 4 nitrogen and oxygen atoms in total. The molecule has 0 atom stereocenters. The number of rotatable bonds is 4. The van der Waals surface area contributed by atoms with Gasteiger partial charge in [0.1, 0.15) is 0 Å². The van der Waals surface area contributed by atoms with Crippen molar-refractivity contribution in [3.63, 3.8) is 0 Å². The summed E-state index contributed by atoms with van der Waals surface area (Å²) < 4.78 is 1.97. The average Bonchev–Trinajstić information content (AvgIpc) is 3.12. The van der Waals surface area contributed by atoms with Crippen LogP contribution in [-0.4, -0.2) is 22.0 Å². The topological polar surface area (TPSA) is 46.9 Å². The van der Waals surface area contributed by atoms with Crippen molar-refractivity contribution in [2.24, 2.45) is 0 Å². The molecule has 1 N–H and O–H groups in total. The number of amides is 1. The van der Waals surface area contributed by atoms with Crippen molar-refractivity contribution >= 4 is 17.5 Å². The number of benzene rings is 2. The first-order chi connectivity index (χ1) is 12.2. The van der Waals surface area contributed by atoms with Crippen LogP contribution in [0.3, 0.4) is 0 Å². The third kappa shape index (κ3) is 4.97. The first-order valence-electron chi connectivity index (χ1n) is 7.78. The zero-order valence-electron chi connectivity index (χ0n) is 13.4. The Labute approximate surface area is 151 Å². The second-order valence-corrected chi connectivity index (χ2v) is 5.86. The van der Waals surface area contributed by atoms with E-state index in [1.54, 1.807) is 24.7 Å². The zero-order valence-corrected chi connectivity index (χ0v) is 14.2. The number of imidazole rings is 1. The SMILES string of the molecule is O=C(NCC#Cc1cccc(Cl)c1)c1ccc(Cn2ccnc2)cc1. The summed E-state index contributed by atoms with van der Waals surface area (Å²) >= 11 is 5.90. The summed E-state index contributed by atoms with van der Waals surface area (Å²) in [6.45, 7) is 1.01. The van der Waals surface area contributed by atoms with Crippen LogP contribution in [0.25, 0.3) is 0 Å². The minimum Gasteiger partial charge on any atom is -0.341 e. The molecule has 0 unspecified atom stereocenters. The lowest BCUT2D eigenvalue weighted by Crippen LogP contribution is -2.23. The van der Waals surface area contributed by atoms with Gasteiger partial charge in [0.2, 0.25) is 0 Å². The van der Waals surface area contributed by atoms with E-state index in [2.05, 4.69) is 22.1 Å². The standard InChI is InChI=1S/C20H16ClN3O/c21-19-5-1-3-16(13-19)4-2-10-23-20(25)18-8-6-17(7-9-18)14-24-12-11-22-15-24/h1,3,5-9,11-13,15H,10,14H2,(H,23,25). The third-order valence-electron chi connectivity index (χ3n) is 3.54. The number of aromatic nitrogens is 2. The molecule has 0 saturated heterocycles. The van der Waals surface area contributed by atoms with Crippen LogP contribution in [0.5, 0.6) is 0 Å². The van der Waals surface area contributed by atoms with Crippen molar-refractivity contribution in [1.82, 2.24) is 14.9 Å². The van der Waals surface area contributed by atoms with Gasteiger partial charge in [-0.2, -0.15) is 0 Å². The first kappa shape index (κ1) is 16.8. The Morgan fingerprint density at radius 2 is 2.04 bits per heavy atom. The number of nitrogens with zero attached hydrogens (tertiary/aromatic N) is 2. The van der Waals surface area contributed by atoms with Gasteiger partial charge >= 0.3 is 0 Å². The largest absolute Gasteiger partial charge is 0.341 e. The fraction of sp³-hybridized carbons (Fsp3) is 0.100. The molecule has 5 heteroatoms. The van der Waals surface area contributed by atoms with Crippen molar-refractivity contribution in [3.8, 4) is 11.8 Å². The van der Waals surface area contributed by atoms with Crippen LogP contribution in [0, 0.1) is 11.8 Å². The minimum absolute atomic E-state index is 0.144. The van der Waals surface area contributed by atoms with E-state index in [-0.39, 0.29) is 12.5 Å². The summed E-state index contributed by atoms with van der Waals surface area (Å²) in [7, 11) is 0. The van der Waals surface area contributed by atoms with Crippen LogP contribution in [-0.2, 0) is 6.54 Å². The van der Waals surface area contributed by atoms with Gasteiger partial charge in [-0.15, -0.1) is 0 Å². The van der Waals surface area contributed by atoms with Gasteiger partial charge in [0.25, 0.3) is 5.91 Å². The van der Waals surface area contributed by atoms with E-state index in [4.69, 9.17) is 11.6 Å². The average molecular weight is 350 g/mol. The molecular weight excluding hydrogens is 334 g/mol. The Bertz CT molecular complexity index is 906. The summed E-state index contributed by atoms with van der Waals surface area (Å²) in [6, 6.07) is 14.8. The molecule has 1 amide bonds. The van der Waals surface area contributed by atoms with E-state index in [0.717, 1.165) is 17.7 Å². The normalized spacial score (nSPS) is 9.96. The molecule has 2 aromatic carbocycles. The molecule has 1 heterocycles. The Balaban J connectivity index is 1.53. The molecule has 0 bridgehead atoms. The molecule has 0 radical (unpaired) electrons. The number of nitrogens with one attached hydrogen (secondary N) is 1. The van der Waals surface area contributed by atoms with E-state index in [1.807, 2.05) is 47.2 Å². The smallest absolute Gasteiger partial charge is 0.252 e. The maximum absolute atomic E-state index is 12.1. The highest BCUT2D eigenvalue weighted by Crippen LogP contribution is 2.09. The van der Waals surface area contributed by atoms with E-state index in [0.29, 0.717) is 10.6 Å². The molecule has 0 fully saturated rings. The quantitative estimate of drug-likeness (QED) is 0.734. The predicted octanol–water partition coefficient (Wildman–Crippen LogP) is 3.37. The maximum atomic E-state index is 12.1. The number of hydrogen-bond donors (Lipinski definition) is 1. The molecule has 25 heavy (non-hydrogen) atoms. The van der Waals surface area contributed by atoms with Gasteiger partial charge < -0.3 is 9.88 Å². The first-order valence-corrected chi connectivity index (χ1v) is 8.16. The van der Waals surface area contributed by atoms with Crippen molar-refractivity contribution < 1.29 is 4.79 Å². The molecule has 0 saturated carbocycles. The lowest BCUT2D eigenvalue weighted by Gasteiger charge is -2.05. The fourth-order valence-electron chi connectivity index (χ4n) is 2.29. The van der Waals surface area contributed by atoms with Gasteiger partial charge in [-0.1, -0.05) is 41.6 Å². The molecule has 124 valence electrons. The molecule has 0 aliphatic carbocycles. The summed E-state index contributed by atoms with van der Waals surface area (Å²) in [4.78, 5) is 16.1. The van der Waals surface area contributed by atoms with Gasteiger partial charge in [-0.05, 0) is 35.9 Å². The highest BCUT2D eigenvalue weighted by Gasteiger charge is 2.04. The molecular formula is C20H16ClN3O. The van der Waals surface area contributed by atoms with E-state index < -0.39 is 0 Å². The van der Waals surface area contributed by atoms with Gasteiger partial charge in [0.15, 0.2) is 0 Å². The minimum atomic E-state index is -0.144. The van der Waals surface area contributed by atoms with E-state index >= 15 is 0 Å². The second-order valence-electron chi connectivity index (χ2n) is 5.43. The Kier molecular flexibility index (Phi) is 5.50. The molecule has 0 spiro atoms. The van der Waals surface area contributed by atoms with Crippen LogP contribution in [0.4, 0.5) is 0 Å². The van der Waals surface area contributed by atoms with Crippen molar-refractivity contribution in [1.29, 1.82) is 0 Å². The molecule has 3 rings (SSSR count). The summed E-state index contributed by atoms with van der Waals surface area (Å²) in [5, 5.41) is 3.43. The van der Waals surface area contributed by atoms with Crippen LogP contribution in [0.1, 0.15) is 21.5 Å². The Morgan fingerprint density at radius 3 is 2.76 bits per heavy atom. The lowest BCUT2D eigenvalue weighted by molar-refractivity contribution is 0.0958. The Morgan fingerprint density at radius 1 is 1.20 bits per heavy atom. The summed E-state index contributed by atoms with van der Waals surface area (Å²) in [5.41, 5.74) is 2.54. The van der Waals surface area contributed by atoms with Crippen LogP contribution in [0.2, 0.25) is 5.02 Å².